The van der Waals surface area contributed by atoms with Crippen molar-refractivity contribution in [3.63, 3.8) is 0 Å². The summed E-state index contributed by atoms with van der Waals surface area (Å²) in [5.74, 6) is 1.92. The summed E-state index contributed by atoms with van der Waals surface area (Å²) in [5.41, 5.74) is 4.81. The van der Waals surface area contributed by atoms with Crippen molar-refractivity contribution in [1.29, 1.82) is 0 Å². The molecule has 6 rings (SSSR count). The van der Waals surface area contributed by atoms with Crippen LogP contribution in [0.5, 0.6) is 11.5 Å². The number of halogens is 3. The van der Waals surface area contributed by atoms with Gasteiger partial charge in [-0.3, -0.25) is 0 Å². The lowest BCUT2D eigenvalue weighted by molar-refractivity contribution is -0.258. The Morgan fingerprint density at radius 2 is 1.00 bits per heavy atom. The number of carbonyl (C=O) groups excluding carboxylic acids is 2. The molecule has 0 saturated carbocycles. The average molecular weight is 1010 g/mol. The Morgan fingerprint density at radius 1 is 0.562 bits per heavy atom. The standard InChI is InChI=1S/C32H34O3.C17H24O4.C13H17F3O/c1-4-24(2)26-18-20-29(21-19-26)35-25(3)33-22-23-34-32-30(27-12-7-5-8-13-27)16-11-17-31(32)28-14-9-6-10-15-28;1-6-12(2)13-7-9-14(10-8-13)16(19)20-11-15(18)21-17(3,4)5;1-4-9(2)10-5-7-11(8-6-10)12(3,17)13(14,15)16/h5-21,24-25H,4,22-23H2,1-3H3;7-10,12H,6,11H2,1-5H3;5-9,17H,4H2,1-3H3. The van der Waals surface area contributed by atoms with Gasteiger partial charge in [-0.2, -0.15) is 13.2 Å². The second kappa shape index (κ2) is 28.1. The number of aliphatic hydroxyl groups is 1. The van der Waals surface area contributed by atoms with E-state index >= 15 is 0 Å². The van der Waals surface area contributed by atoms with Crippen molar-refractivity contribution < 1.29 is 51.6 Å². The summed E-state index contributed by atoms with van der Waals surface area (Å²) in [6, 6.07) is 48.5. The molecule has 0 spiro atoms. The molecule has 0 heterocycles. The van der Waals surface area contributed by atoms with Crippen LogP contribution < -0.4 is 9.47 Å². The Bertz CT molecular complexity index is 2500. The second-order valence-corrected chi connectivity index (χ2v) is 19.3. The predicted molar refractivity (Wildman–Crippen MR) is 286 cm³/mol. The number of esters is 2. The van der Waals surface area contributed by atoms with Crippen molar-refractivity contribution in [2.45, 2.75) is 137 Å². The third-order valence-electron chi connectivity index (χ3n) is 12.5. The van der Waals surface area contributed by atoms with Crippen LogP contribution in [0.1, 0.15) is 146 Å². The van der Waals surface area contributed by atoms with Crippen molar-refractivity contribution >= 4 is 11.9 Å². The number of para-hydroxylation sites is 1. The number of carbonyl (C=O) groups is 2. The van der Waals surface area contributed by atoms with Crippen molar-refractivity contribution in [3.8, 4) is 33.8 Å². The highest BCUT2D eigenvalue weighted by atomic mass is 19.4. The summed E-state index contributed by atoms with van der Waals surface area (Å²) in [6.45, 7) is 21.2. The minimum absolute atomic E-state index is 0.128. The van der Waals surface area contributed by atoms with E-state index in [2.05, 4.69) is 82.3 Å². The Labute approximate surface area is 431 Å². The van der Waals surface area contributed by atoms with E-state index in [9.17, 15) is 27.9 Å². The molecule has 0 aromatic heterocycles. The molecule has 5 atom stereocenters. The topological polar surface area (TPSA) is 101 Å². The first kappa shape index (κ1) is 59.1. The maximum atomic E-state index is 12.6. The molecule has 0 aliphatic rings. The number of alkyl halides is 3. The van der Waals surface area contributed by atoms with Crippen LogP contribution in [0.3, 0.4) is 0 Å². The molecule has 0 saturated heterocycles. The van der Waals surface area contributed by atoms with Gasteiger partial charge in [0.25, 0.3) is 0 Å². The van der Waals surface area contributed by atoms with E-state index in [0.717, 1.165) is 65.5 Å². The highest BCUT2D eigenvalue weighted by Crippen LogP contribution is 2.40. The van der Waals surface area contributed by atoms with Gasteiger partial charge in [-0.1, -0.05) is 169 Å². The molecule has 0 aliphatic carbocycles. The molecular weight excluding hydrogens is 930 g/mol. The minimum Gasteiger partial charge on any atom is -0.490 e. The van der Waals surface area contributed by atoms with Crippen LogP contribution in [0.2, 0.25) is 0 Å². The SMILES string of the molecule is CCC(C)c1ccc(C(=O)OCC(=O)OC(C)(C)C)cc1.CCC(C)c1ccc(C(C)(O)C(F)(F)F)cc1.CCC(C)c1ccc(OC(C)OCCOc2c(-c3ccccc3)cccc2-c2ccccc2)cc1. The summed E-state index contributed by atoms with van der Waals surface area (Å²) in [6.07, 6.45) is -1.94. The Kier molecular flexibility index (Phi) is 22.8. The van der Waals surface area contributed by atoms with Crippen LogP contribution in [-0.4, -0.2) is 54.9 Å². The van der Waals surface area contributed by atoms with Gasteiger partial charge in [0.05, 0.1) is 12.2 Å². The van der Waals surface area contributed by atoms with Gasteiger partial charge in [-0.15, -0.1) is 0 Å². The molecule has 0 amide bonds. The van der Waals surface area contributed by atoms with Crippen molar-refractivity contribution in [3.05, 3.63) is 179 Å². The molecule has 73 heavy (non-hydrogen) atoms. The molecule has 0 fully saturated rings. The third-order valence-corrected chi connectivity index (χ3v) is 12.5. The van der Waals surface area contributed by atoms with Crippen LogP contribution in [0.4, 0.5) is 13.2 Å². The molecule has 6 aromatic rings. The zero-order valence-corrected chi connectivity index (χ0v) is 44.4. The first-order valence-electron chi connectivity index (χ1n) is 25.2. The van der Waals surface area contributed by atoms with Crippen molar-refractivity contribution in [1.82, 2.24) is 0 Å². The molecule has 1 N–H and O–H groups in total. The van der Waals surface area contributed by atoms with E-state index in [1.165, 1.54) is 23.3 Å². The van der Waals surface area contributed by atoms with Gasteiger partial charge in [0, 0.05) is 11.1 Å². The van der Waals surface area contributed by atoms with Gasteiger partial charge >= 0.3 is 18.1 Å². The fourth-order valence-electron chi connectivity index (χ4n) is 7.37. The molecular formula is C62H75F3O8. The summed E-state index contributed by atoms with van der Waals surface area (Å²) in [7, 11) is 0. The molecule has 0 bridgehead atoms. The zero-order valence-electron chi connectivity index (χ0n) is 44.4. The van der Waals surface area contributed by atoms with Crippen molar-refractivity contribution in [2.24, 2.45) is 0 Å². The van der Waals surface area contributed by atoms with Gasteiger partial charge < -0.3 is 28.8 Å². The summed E-state index contributed by atoms with van der Waals surface area (Å²) in [4.78, 5) is 23.3. The monoisotopic (exact) mass is 1000 g/mol. The van der Waals surface area contributed by atoms with Gasteiger partial charge in [0.15, 0.2) is 18.5 Å². The van der Waals surface area contributed by atoms with Crippen LogP contribution in [0.15, 0.2) is 152 Å². The maximum Gasteiger partial charge on any atom is 0.421 e. The minimum atomic E-state index is -4.66. The Morgan fingerprint density at radius 3 is 1.42 bits per heavy atom. The zero-order chi connectivity index (χ0) is 53.8. The normalized spacial score (nSPS) is 13.8. The van der Waals surface area contributed by atoms with Gasteiger partial charge in [-0.05, 0) is 129 Å². The van der Waals surface area contributed by atoms with E-state index in [1.54, 1.807) is 45.0 Å². The molecule has 8 nitrogen and oxygen atoms in total. The van der Waals surface area contributed by atoms with Crippen LogP contribution >= 0.6 is 0 Å². The van der Waals surface area contributed by atoms with Gasteiger partial charge in [-0.25, -0.2) is 9.59 Å². The lowest BCUT2D eigenvalue weighted by Gasteiger charge is -2.27. The van der Waals surface area contributed by atoms with Crippen LogP contribution in [0, 0.1) is 0 Å². The van der Waals surface area contributed by atoms with E-state index in [-0.39, 0.29) is 18.5 Å². The molecule has 0 aliphatic heterocycles. The quantitative estimate of drug-likeness (QED) is 0.0487. The molecule has 5 unspecified atom stereocenters. The number of benzene rings is 6. The third kappa shape index (κ3) is 18.5. The number of ether oxygens (including phenoxy) is 5. The van der Waals surface area contributed by atoms with Crippen molar-refractivity contribution in [2.75, 3.05) is 19.8 Å². The lowest BCUT2D eigenvalue weighted by atomic mass is 9.91. The maximum absolute atomic E-state index is 12.6. The fraction of sp³-hybridized carbons (Fsp3) is 0.387. The van der Waals surface area contributed by atoms with E-state index < -0.39 is 29.3 Å². The first-order valence-corrected chi connectivity index (χ1v) is 25.2. The molecule has 11 heteroatoms. The highest BCUT2D eigenvalue weighted by Gasteiger charge is 2.51. The van der Waals surface area contributed by atoms with E-state index in [0.29, 0.717) is 36.5 Å². The summed E-state index contributed by atoms with van der Waals surface area (Å²) < 4.78 is 66.0. The predicted octanol–water partition coefficient (Wildman–Crippen LogP) is 16.0. The smallest absolute Gasteiger partial charge is 0.421 e. The number of hydrogen-bond acceptors (Lipinski definition) is 8. The second-order valence-electron chi connectivity index (χ2n) is 19.3. The Balaban J connectivity index is 0.000000260. The molecule has 6 aromatic carbocycles. The fourth-order valence-corrected chi connectivity index (χ4v) is 7.37. The lowest BCUT2D eigenvalue weighted by Crippen LogP contribution is -2.39. The number of hydrogen-bond donors (Lipinski definition) is 1. The first-order chi connectivity index (χ1) is 34.6. The summed E-state index contributed by atoms with van der Waals surface area (Å²) in [5, 5.41) is 9.48. The molecule has 392 valence electrons. The van der Waals surface area contributed by atoms with Gasteiger partial charge in [0.2, 0.25) is 0 Å². The van der Waals surface area contributed by atoms with Crippen LogP contribution in [0.25, 0.3) is 22.3 Å². The van der Waals surface area contributed by atoms with E-state index in [4.69, 9.17) is 23.7 Å². The highest BCUT2D eigenvalue weighted by molar-refractivity contribution is 5.90. The van der Waals surface area contributed by atoms with Crippen LogP contribution in [-0.2, 0) is 24.6 Å². The Hall–Kier alpha value is -6.43. The number of rotatable bonds is 19. The largest absolute Gasteiger partial charge is 0.490 e. The summed E-state index contributed by atoms with van der Waals surface area (Å²) >= 11 is 0. The average Bonchev–Trinajstić information content (AvgIpc) is 3.38. The van der Waals surface area contributed by atoms with Gasteiger partial charge in [0.1, 0.15) is 23.7 Å². The molecule has 0 radical (unpaired) electrons. The van der Waals surface area contributed by atoms with E-state index in [1.807, 2.05) is 81.4 Å².